The SMILES string of the molecule is COc1ccc(CN2CCCC(C)(O)CC2)cc1OC. The predicted molar refractivity (Wildman–Crippen MR) is 79.3 cm³/mol. The number of methoxy groups -OCH3 is 2. The largest absolute Gasteiger partial charge is 0.493 e. The molecule has 1 N–H and O–H groups in total. The number of aliphatic hydroxyl groups is 1. The van der Waals surface area contributed by atoms with Crippen molar-refractivity contribution in [2.45, 2.75) is 38.3 Å². The first kappa shape index (κ1) is 15.1. The number of hydrogen-bond acceptors (Lipinski definition) is 4. The van der Waals surface area contributed by atoms with Crippen LogP contribution in [0.4, 0.5) is 0 Å². The van der Waals surface area contributed by atoms with Crippen LogP contribution in [-0.2, 0) is 6.54 Å². The van der Waals surface area contributed by atoms with Gasteiger partial charge in [-0.15, -0.1) is 0 Å². The molecule has 1 aromatic carbocycles. The van der Waals surface area contributed by atoms with Crippen LogP contribution in [0.3, 0.4) is 0 Å². The summed E-state index contributed by atoms with van der Waals surface area (Å²) in [5, 5.41) is 10.1. The van der Waals surface area contributed by atoms with Crippen LogP contribution in [-0.4, -0.2) is 42.9 Å². The molecular weight excluding hydrogens is 254 g/mol. The van der Waals surface area contributed by atoms with E-state index in [1.165, 1.54) is 5.56 Å². The van der Waals surface area contributed by atoms with Crippen molar-refractivity contribution in [3.8, 4) is 11.5 Å². The molecule has 1 fully saturated rings. The zero-order valence-corrected chi connectivity index (χ0v) is 12.7. The Labute approximate surface area is 121 Å². The Morgan fingerprint density at radius 1 is 1.15 bits per heavy atom. The maximum Gasteiger partial charge on any atom is 0.161 e. The van der Waals surface area contributed by atoms with Crippen LogP contribution < -0.4 is 9.47 Å². The second-order valence-corrected chi connectivity index (χ2v) is 5.82. The summed E-state index contributed by atoms with van der Waals surface area (Å²) in [6.07, 6.45) is 2.76. The molecule has 20 heavy (non-hydrogen) atoms. The summed E-state index contributed by atoms with van der Waals surface area (Å²) in [6, 6.07) is 6.05. The molecule has 112 valence electrons. The van der Waals surface area contributed by atoms with E-state index in [4.69, 9.17) is 9.47 Å². The summed E-state index contributed by atoms with van der Waals surface area (Å²) in [6.45, 7) is 4.79. The number of benzene rings is 1. The van der Waals surface area contributed by atoms with Gasteiger partial charge in [0, 0.05) is 13.1 Å². The van der Waals surface area contributed by atoms with Crippen molar-refractivity contribution in [1.82, 2.24) is 4.90 Å². The van der Waals surface area contributed by atoms with E-state index < -0.39 is 5.60 Å². The minimum atomic E-state index is -0.508. The van der Waals surface area contributed by atoms with Crippen molar-refractivity contribution >= 4 is 0 Å². The molecule has 2 rings (SSSR count). The third kappa shape index (κ3) is 3.87. The van der Waals surface area contributed by atoms with Gasteiger partial charge < -0.3 is 14.6 Å². The van der Waals surface area contributed by atoms with Crippen molar-refractivity contribution in [3.05, 3.63) is 23.8 Å². The summed E-state index contributed by atoms with van der Waals surface area (Å²) in [4.78, 5) is 2.39. The van der Waals surface area contributed by atoms with E-state index in [-0.39, 0.29) is 0 Å². The van der Waals surface area contributed by atoms with E-state index >= 15 is 0 Å². The van der Waals surface area contributed by atoms with Gasteiger partial charge in [0.15, 0.2) is 11.5 Å². The van der Waals surface area contributed by atoms with Crippen LogP contribution in [0.1, 0.15) is 31.7 Å². The highest BCUT2D eigenvalue weighted by molar-refractivity contribution is 5.42. The van der Waals surface area contributed by atoms with Gasteiger partial charge in [0.1, 0.15) is 0 Å². The topological polar surface area (TPSA) is 41.9 Å². The Morgan fingerprint density at radius 2 is 1.90 bits per heavy atom. The zero-order valence-electron chi connectivity index (χ0n) is 12.7. The van der Waals surface area contributed by atoms with Gasteiger partial charge in [-0.25, -0.2) is 0 Å². The second-order valence-electron chi connectivity index (χ2n) is 5.82. The van der Waals surface area contributed by atoms with Crippen molar-refractivity contribution in [2.75, 3.05) is 27.3 Å². The Kier molecular flexibility index (Phi) is 4.89. The summed E-state index contributed by atoms with van der Waals surface area (Å²) in [7, 11) is 3.30. The molecule has 0 aromatic heterocycles. The number of likely N-dealkylation sites (tertiary alicyclic amines) is 1. The minimum Gasteiger partial charge on any atom is -0.493 e. The monoisotopic (exact) mass is 279 g/mol. The average Bonchev–Trinajstić information content (AvgIpc) is 2.60. The van der Waals surface area contributed by atoms with Crippen LogP contribution in [0.2, 0.25) is 0 Å². The highest BCUT2D eigenvalue weighted by Gasteiger charge is 2.24. The predicted octanol–water partition coefficient (Wildman–Crippen LogP) is 2.44. The maximum atomic E-state index is 10.1. The summed E-state index contributed by atoms with van der Waals surface area (Å²) >= 11 is 0. The third-order valence-corrected chi connectivity index (χ3v) is 4.01. The van der Waals surface area contributed by atoms with Gasteiger partial charge in [-0.3, -0.25) is 4.90 Å². The van der Waals surface area contributed by atoms with Crippen LogP contribution >= 0.6 is 0 Å². The van der Waals surface area contributed by atoms with Crippen LogP contribution in [0.25, 0.3) is 0 Å². The lowest BCUT2D eigenvalue weighted by atomic mass is 9.98. The molecule has 0 aliphatic carbocycles. The van der Waals surface area contributed by atoms with Gasteiger partial charge in [0.2, 0.25) is 0 Å². The average molecular weight is 279 g/mol. The van der Waals surface area contributed by atoms with Gasteiger partial charge in [0.25, 0.3) is 0 Å². The Balaban J connectivity index is 2.02. The molecule has 1 heterocycles. The van der Waals surface area contributed by atoms with Gasteiger partial charge in [-0.1, -0.05) is 6.07 Å². The fourth-order valence-corrected chi connectivity index (χ4v) is 2.71. The number of ether oxygens (including phenoxy) is 2. The normalized spacial score (nSPS) is 24.2. The summed E-state index contributed by atoms with van der Waals surface area (Å²) in [5.74, 6) is 1.53. The Morgan fingerprint density at radius 3 is 2.60 bits per heavy atom. The molecule has 0 spiro atoms. The van der Waals surface area contributed by atoms with E-state index in [0.29, 0.717) is 0 Å². The molecule has 0 saturated carbocycles. The molecule has 1 aliphatic heterocycles. The Hall–Kier alpha value is -1.26. The lowest BCUT2D eigenvalue weighted by Gasteiger charge is -2.22. The van der Waals surface area contributed by atoms with Crippen molar-refractivity contribution in [2.24, 2.45) is 0 Å². The second kappa shape index (κ2) is 6.46. The molecule has 0 radical (unpaired) electrons. The summed E-state index contributed by atoms with van der Waals surface area (Å²) < 4.78 is 10.6. The fraction of sp³-hybridized carbons (Fsp3) is 0.625. The number of nitrogens with zero attached hydrogens (tertiary/aromatic N) is 1. The van der Waals surface area contributed by atoms with Crippen LogP contribution in [0.15, 0.2) is 18.2 Å². The lowest BCUT2D eigenvalue weighted by molar-refractivity contribution is 0.0444. The van der Waals surface area contributed by atoms with E-state index in [2.05, 4.69) is 11.0 Å². The fourth-order valence-electron chi connectivity index (χ4n) is 2.71. The van der Waals surface area contributed by atoms with E-state index in [1.54, 1.807) is 14.2 Å². The highest BCUT2D eigenvalue weighted by Crippen LogP contribution is 2.29. The Bertz CT molecular complexity index is 445. The molecule has 1 aromatic rings. The molecule has 0 bridgehead atoms. The number of hydrogen-bond donors (Lipinski definition) is 1. The molecule has 0 amide bonds. The van der Waals surface area contributed by atoms with Crippen molar-refractivity contribution < 1.29 is 14.6 Å². The van der Waals surface area contributed by atoms with Gasteiger partial charge in [-0.2, -0.15) is 0 Å². The molecule has 1 aliphatic rings. The smallest absolute Gasteiger partial charge is 0.161 e. The zero-order chi connectivity index (χ0) is 14.6. The quantitative estimate of drug-likeness (QED) is 0.919. The molecule has 1 atom stereocenters. The molecule has 4 heteroatoms. The summed E-state index contributed by atoms with van der Waals surface area (Å²) in [5.41, 5.74) is 0.705. The molecular formula is C16H25NO3. The molecule has 1 saturated heterocycles. The standard InChI is InChI=1S/C16H25NO3/c1-16(18)7-4-9-17(10-8-16)12-13-5-6-14(19-2)15(11-13)20-3/h5-6,11,18H,4,7-10,12H2,1-3H3. The maximum absolute atomic E-state index is 10.1. The first-order valence-electron chi connectivity index (χ1n) is 7.20. The minimum absolute atomic E-state index is 0.508. The lowest BCUT2D eigenvalue weighted by Crippen LogP contribution is -2.28. The molecule has 1 unspecified atom stereocenters. The van der Waals surface area contributed by atoms with E-state index in [9.17, 15) is 5.11 Å². The van der Waals surface area contributed by atoms with Gasteiger partial charge in [0.05, 0.1) is 19.8 Å². The van der Waals surface area contributed by atoms with Gasteiger partial charge in [-0.05, 0) is 50.4 Å². The van der Waals surface area contributed by atoms with Gasteiger partial charge >= 0.3 is 0 Å². The van der Waals surface area contributed by atoms with Crippen LogP contribution in [0, 0.1) is 0 Å². The van der Waals surface area contributed by atoms with Crippen molar-refractivity contribution in [1.29, 1.82) is 0 Å². The van der Waals surface area contributed by atoms with E-state index in [0.717, 1.165) is 50.4 Å². The van der Waals surface area contributed by atoms with E-state index in [1.807, 2.05) is 19.1 Å². The number of rotatable bonds is 4. The molecule has 4 nitrogen and oxygen atoms in total. The first-order valence-corrected chi connectivity index (χ1v) is 7.20. The highest BCUT2D eigenvalue weighted by atomic mass is 16.5. The first-order chi connectivity index (χ1) is 9.54. The van der Waals surface area contributed by atoms with Crippen LogP contribution in [0.5, 0.6) is 11.5 Å². The van der Waals surface area contributed by atoms with Crippen molar-refractivity contribution in [3.63, 3.8) is 0 Å². The third-order valence-electron chi connectivity index (χ3n) is 4.01.